The molecule has 0 aliphatic rings. The maximum atomic E-state index is 12.7. The van der Waals surface area contributed by atoms with E-state index < -0.39 is 18.0 Å². The predicted molar refractivity (Wildman–Crippen MR) is 114 cm³/mol. The van der Waals surface area contributed by atoms with Crippen molar-refractivity contribution in [3.63, 3.8) is 0 Å². The van der Waals surface area contributed by atoms with Crippen LogP contribution < -0.4 is 5.32 Å². The fourth-order valence-electron chi connectivity index (χ4n) is 2.82. The third-order valence-corrected chi connectivity index (χ3v) is 5.40. The lowest BCUT2D eigenvalue weighted by Gasteiger charge is -2.17. The average Bonchev–Trinajstić information content (AvgIpc) is 3.18. The Kier molecular flexibility index (Phi) is 7.89. The summed E-state index contributed by atoms with van der Waals surface area (Å²) in [6, 6.07) is 13.7. The molecular weight excluding hydrogens is 445 g/mol. The van der Waals surface area contributed by atoms with Gasteiger partial charge in [-0.2, -0.15) is 13.2 Å². The first-order valence-corrected chi connectivity index (χ1v) is 10.4. The Labute approximate surface area is 186 Å². The molecule has 0 saturated heterocycles. The van der Waals surface area contributed by atoms with Gasteiger partial charge in [-0.1, -0.05) is 42.1 Å². The number of nitrogens with one attached hydrogen (secondary N) is 1. The number of nitrogens with zero attached hydrogens (tertiary/aromatic N) is 3. The number of thioether (sulfide) groups is 1. The van der Waals surface area contributed by atoms with Crippen molar-refractivity contribution in [2.45, 2.75) is 24.2 Å². The normalized spacial score (nSPS) is 11.7. The number of rotatable bonds is 9. The van der Waals surface area contributed by atoms with Gasteiger partial charge >= 0.3 is 6.18 Å². The Hall–Kier alpha value is -2.89. The molecule has 0 fully saturated rings. The topological polar surface area (TPSA) is 78.3 Å². The number of methoxy groups -OCH3 is 2. The van der Waals surface area contributed by atoms with Crippen LogP contribution in [0.5, 0.6) is 0 Å². The second-order valence-corrected chi connectivity index (χ2v) is 7.54. The first kappa shape index (κ1) is 23.8. The van der Waals surface area contributed by atoms with Crippen LogP contribution >= 0.6 is 11.8 Å². The molecule has 0 aliphatic carbocycles. The van der Waals surface area contributed by atoms with Crippen molar-refractivity contribution >= 4 is 23.4 Å². The quantitative estimate of drug-likeness (QED) is 0.374. The first-order chi connectivity index (χ1) is 15.3. The summed E-state index contributed by atoms with van der Waals surface area (Å²) in [6.45, 7) is 0.299. The zero-order valence-electron chi connectivity index (χ0n) is 17.3. The SMILES string of the molecule is COC(Cn1c(SCC(=O)Nc2ccc(C(F)(F)F)cc2)nnc1-c1ccccc1)OC. The average molecular weight is 466 g/mol. The Morgan fingerprint density at radius 2 is 1.72 bits per heavy atom. The van der Waals surface area contributed by atoms with E-state index in [4.69, 9.17) is 9.47 Å². The Morgan fingerprint density at radius 1 is 1.06 bits per heavy atom. The molecule has 0 aliphatic heterocycles. The fraction of sp³-hybridized carbons (Fsp3) is 0.286. The van der Waals surface area contributed by atoms with Gasteiger partial charge in [-0.15, -0.1) is 10.2 Å². The van der Waals surface area contributed by atoms with Crippen molar-refractivity contribution < 1.29 is 27.4 Å². The molecule has 0 radical (unpaired) electrons. The lowest BCUT2D eigenvalue weighted by molar-refractivity contribution is -0.137. The number of ether oxygens (including phenoxy) is 2. The van der Waals surface area contributed by atoms with Crippen molar-refractivity contribution in [1.29, 1.82) is 0 Å². The Bertz CT molecular complexity index is 1020. The standard InChI is InChI=1S/C21H21F3N4O3S/c1-30-18(31-2)12-28-19(14-6-4-3-5-7-14)26-27-20(28)32-13-17(29)25-16-10-8-15(9-11-16)21(22,23)24/h3-11,18H,12-13H2,1-2H3,(H,25,29). The van der Waals surface area contributed by atoms with Crippen LogP contribution in [0.2, 0.25) is 0 Å². The minimum Gasteiger partial charge on any atom is -0.354 e. The fourth-order valence-corrected chi connectivity index (χ4v) is 3.57. The molecule has 0 spiro atoms. The van der Waals surface area contributed by atoms with Crippen LogP contribution in [0, 0.1) is 0 Å². The minimum atomic E-state index is -4.43. The number of alkyl halides is 3. The number of carbonyl (C=O) groups excluding carboxylic acids is 1. The van der Waals surface area contributed by atoms with Gasteiger partial charge in [0.25, 0.3) is 0 Å². The summed E-state index contributed by atoms with van der Waals surface area (Å²) in [4.78, 5) is 12.3. The van der Waals surface area contributed by atoms with Crippen LogP contribution in [0.15, 0.2) is 59.8 Å². The zero-order chi connectivity index (χ0) is 23.1. The van der Waals surface area contributed by atoms with Gasteiger partial charge in [-0.3, -0.25) is 9.36 Å². The lowest BCUT2D eigenvalue weighted by Crippen LogP contribution is -2.22. The molecule has 0 unspecified atom stereocenters. The smallest absolute Gasteiger partial charge is 0.354 e. The molecule has 1 N–H and O–H groups in total. The molecule has 11 heteroatoms. The molecule has 7 nitrogen and oxygen atoms in total. The Morgan fingerprint density at radius 3 is 2.31 bits per heavy atom. The van der Waals surface area contributed by atoms with Crippen molar-refractivity contribution in [2.75, 3.05) is 25.3 Å². The number of hydrogen-bond acceptors (Lipinski definition) is 6. The highest BCUT2D eigenvalue weighted by Crippen LogP contribution is 2.30. The summed E-state index contributed by atoms with van der Waals surface area (Å²) in [7, 11) is 3.04. The van der Waals surface area contributed by atoms with E-state index in [0.717, 1.165) is 29.5 Å². The molecule has 2 aromatic carbocycles. The van der Waals surface area contributed by atoms with Gasteiger partial charge in [0.15, 0.2) is 17.3 Å². The number of carbonyl (C=O) groups is 1. The van der Waals surface area contributed by atoms with Crippen LogP contribution in [0.25, 0.3) is 11.4 Å². The second-order valence-electron chi connectivity index (χ2n) is 6.60. The number of anilines is 1. The number of aromatic nitrogens is 3. The summed E-state index contributed by atoms with van der Waals surface area (Å²) in [5.41, 5.74) is 0.332. The van der Waals surface area contributed by atoms with Crippen molar-refractivity contribution in [2.24, 2.45) is 0 Å². The summed E-state index contributed by atoms with van der Waals surface area (Å²) < 4.78 is 50.4. The van der Waals surface area contributed by atoms with Crippen molar-refractivity contribution in [3.8, 4) is 11.4 Å². The highest BCUT2D eigenvalue weighted by atomic mass is 32.2. The summed E-state index contributed by atoms with van der Waals surface area (Å²) in [6.07, 6.45) is -4.98. The van der Waals surface area contributed by atoms with Crippen molar-refractivity contribution in [3.05, 3.63) is 60.2 Å². The minimum absolute atomic E-state index is 0.0153. The molecule has 0 atom stereocenters. The number of benzene rings is 2. The van der Waals surface area contributed by atoms with Crippen LogP contribution in [-0.4, -0.2) is 46.9 Å². The van der Waals surface area contributed by atoms with Gasteiger partial charge in [-0.05, 0) is 24.3 Å². The first-order valence-electron chi connectivity index (χ1n) is 9.46. The molecular formula is C21H21F3N4O3S. The van der Waals surface area contributed by atoms with E-state index in [0.29, 0.717) is 17.5 Å². The zero-order valence-corrected chi connectivity index (χ0v) is 18.1. The molecule has 1 amide bonds. The maximum Gasteiger partial charge on any atom is 0.416 e. The third kappa shape index (κ3) is 6.09. The van der Waals surface area contributed by atoms with Gasteiger partial charge in [0.2, 0.25) is 5.91 Å². The van der Waals surface area contributed by atoms with Gasteiger partial charge in [0.1, 0.15) is 0 Å². The molecule has 1 heterocycles. The highest BCUT2D eigenvalue weighted by molar-refractivity contribution is 7.99. The molecule has 0 saturated carbocycles. The molecule has 32 heavy (non-hydrogen) atoms. The highest BCUT2D eigenvalue weighted by Gasteiger charge is 2.30. The van der Waals surface area contributed by atoms with Crippen LogP contribution in [0.3, 0.4) is 0 Å². The van der Waals surface area contributed by atoms with Crippen LogP contribution in [0.1, 0.15) is 5.56 Å². The van der Waals surface area contributed by atoms with E-state index in [1.54, 1.807) is 4.57 Å². The summed E-state index contributed by atoms with van der Waals surface area (Å²) >= 11 is 1.15. The van der Waals surface area contributed by atoms with Gasteiger partial charge in [-0.25, -0.2) is 0 Å². The number of amides is 1. The van der Waals surface area contributed by atoms with Crippen LogP contribution in [-0.2, 0) is 27.0 Å². The number of halogens is 3. The monoisotopic (exact) mass is 466 g/mol. The second kappa shape index (κ2) is 10.6. The molecule has 0 bridgehead atoms. The lowest BCUT2D eigenvalue weighted by atomic mass is 10.2. The van der Waals surface area contributed by atoms with Crippen LogP contribution in [0.4, 0.5) is 18.9 Å². The maximum absolute atomic E-state index is 12.7. The predicted octanol–water partition coefficient (Wildman–Crippen LogP) is 4.31. The third-order valence-electron chi connectivity index (χ3n) is 4.43. The van der Waals surface area contributed by atoms with E-state index >= 15 is 0 Å². The van der Waals surface area contributed by atoms with Crippen molar-refractivity contribution in [1.82, 2.24) is 14.8 Å². The van der Waals surface area contributed by atoms with E-state index in [2.05, 4.69) is 15.5 Å². The molecule has 1 aromatic heterocycles. The molecule has 170 valence electrons. The van der Waals surface area contributed by atoms with E-state index in [9.17, 15) is 18.0 Å². The van der Waals surface area contributed by atoms with Gasteiger partial charge in [0.05, 0.1) is 17.9 Å². The summed E-state index contributed by atoms with van der Waals surface area (Å²) in [5, 5.41) is 11.5. The van der Waals surface area contributed by atoms with E-state index in [1.165, 1.54) is 26.4 Å². The Balaban J connectivity index is 1.71. The van der Waals surface area contributed by atoms with Gasteiger partial charge < -0.3 is 14.8 Å². The largest absolute Gasteiger partial charge is 0.416 e. The van der Waals surface area contributed by atoms with E-state index in [1.807, 2.05) is 30.3 Å². The molecule has 3 rings (SSSR count). The van der Waals surface area contributed by atoms with Gasteiger partial charge in [0, 0.05) is 25.5 Å². The van der Waals surface area contributed by atoms with E-state index in [-0.39, 0.29) is 17.3 Å². The molecule has 3 aromatic rings. The summed E-state index contributed by atoms with van der Waals surface area (Å²) in [5.74, 6) is 0.189. The number of hydrogen-bond donors (Lipinski definition) is 1.